The van der Waals surface area contributed by atoms with Crippen molar-refractivity contribution in [2.75, 3.05) is 5.73 Å². The van der Waals surface area contributed by atoms with E-state index >= 15 is 0 Å². The van der Waals surface area contributed by atoms with E-state index in [1.807, 2.05) is 36.7 Å². The van der Waals surface area contributed by atoms with Gasteiger partial charge in [-0.2, -0.15) is 5.10 Å². The molecule has 2 N–H and O–H groups in total. The van der Waals surface area contributed by atoms with Gasteiger partial charge in [-0.1, -0.05) is 13.8 Å². The Morgan fingerprint density at radius 3 is 2.60 bits per heavy atom. The van der Waals surface area contributed by atoms with Crippen LogP contribution in [0.15, 0.2) is 18.2 Å². The van der Waals surface area contributed by atoms with Crippen LogP contribution in [0.3, 0.4) is 0 Å². The largest absolute Gasteiger partial charge is 0.489 e. The minimum absolute atomic E-state index is 0.0835. The van der Waals surface area contributed by atoms with Gasteiger partial charge in [-0.15, -0.1) is 0 Å². The fourth-order valence-corrected chi connectivity index (χ4v) is 1.99. The average Bonchev–Trinajstić information content (AvgIpc) is 2.84. The Labute approximate surface area is 119 Å². The first-order valence-electron chi connectivity index (χ1n) is 7.06. The highest BCUT2D eigenvalue weighted by Gasteiger charge is 2.11. The summed E-state index contributed by atoms with van der Waals surface area (Å²) in [6.45, 7) is 8.08. The second-order valence-electron chi connectivity index (χ2n) is 4.95. The fourth-order valence-electron chi connectivity index (χ4n) is 1.99. The Balaban J connectivity index is 2.44. The first kappa shape index (κ1) is 14.4. The third-order valence-electron chi connectivity index (χ3n) is 2.95. The van der Waals surface area contributed by atoms with E-state index in [0.29, 0.717) is 11.4 Å². The molecule has 0 unspecified atom stereocenters. The lowest BCUT2D eigenvalue weighted by molar-refractivity contribution is 0.244. The van der Waals surface area contributed by atoms with Gasteiger partial charge in [-0.05, 0) is 26.0 Å². The normalized spacial score (nSPS) is 11.1. The molecule has 2 rings (SSSR count). The van der Waals surface area contributed by atoms with Crippen LogP contribution in [0.5, 0.6) is 5.75 Å². The maximum absolute atomic E-state index is 5.95. The molecule has 0 aliphatic carbocycles. The first-order valence-corrected chi connectivity index (χ1v) is 7.06. The number of nitrogen functional groups attached to an aromatic ring is 1. The topological polar surface area (TPSA) is 66.0 Å². The minimum atomic E-state index is 0.0835. The molecule has 0 radical (unpaired) electrons. The van der Waals surface area contributed by atoms with E-state index in [4.69, 9.17) is 10.5 Å². The molecule has 0 fully saturated rings. The number of nitrogens with zero attached hydrogens (tertiary/aromatic N) is 3. The highest BCUT2D eigenvalue weighted by molar-refractivity contribution is 5.57. The zero-order valence-electron chi connectivity index (χ0n) is 12.6. The van der Waals surface area contributed by atoms with E-state index in [1.54, 1.807) is 0 Å². The monoisotopic (exact) mass is 274 g/mol. The van der Waals surface area contributed by atoms with Crippen molar-refractivity contribution in [1.82, 2.24) is 14.8 Å². The van der Waals surface area contributed by atoms with Crippen molar-refractivity contribution in [2.24, 2.45) is 0 Å². The van der Waals surface area contributed by atoms with Crippen LogP contribution in [-0.2, 0) is 12.8 Å². The maximum atomic E-state index is 5.95. The third kappa shape index (κ3) is 2.92. The highest BCUT2D eigenvalue weighted by Crippen LogP contribution is 2.26. The van der Waals surface area contributed by atoms with Crippen LogP contribution < -0.4 is 10.5 Å². The van der Waals surface area contributed by atoms with Crippen molar-refractivity contribution in [1.29, 1.82) is 0 Å². The predicted octanol–water partition coefficient (Wildman–Crippen LogP) is 2.76. The molecule has 0 spiro atoms. The number of nitrogens with two attached hydrogens (primary N) is 1. The minimum Gasteiger partial charge on any atom is -0.489 e. The Hall–Kier alpha value is -2.04. The summed E-state index contributed by atoms with van der Waals surface area (Å²) in [7, 11) is 0. The quantitative estimate of drug-likeness (QED) is 0.851. The van der Waals surface area contributed by atoms with E-state index in [0.717, 1.165) is 30.2 Å². The van der Waals surface area contributed by atoms with E-state index in [-0.39, 0.29) is 6.10 Å². The van der Waals surface area contributed by atoms with Crippen molar-refractivity contribution >= 4 is 5.69 Å². The van der Waals surface area contributed by atoms with Gasteiger partial charge in [0.05, 0.1) is 17.5 Å². The molecule has 5 nitrogen and oxygen atoms in total. The highest BCUT2D eigenvalue weighted by atomic mass is 16.5. The van der Waals surface area contributed by atoms with Gasteiger partial charge in [-0.3, -0.25) is 0 Å². The summed E-state index contributed by atoms with van der Waals surface area (Å²) in [6, 6.07) is 5.71. The Morgan fingerprint density at radius 1 is 1.25 bits per heavy atom. The van der Waals surface area contributed by atoms with Gasteiger partial charge in [-0.25, -0.2) is 9.67 Å². The Kier molecular flexibility index (Phi) is 4.27. The summed E-state index contributed by atoms with van der Waals surface area (Å²) in [6.07, 6.45) is 1.74. The summed E-state index contributed by atoms with van der Waals surface area (Å²) in [5, 5.41) is 4.53. The van der Waals surface area contributed by atoms with Crippen LogP contribution in [0.25, 0.3) is 5.69 Å². The lowest BCUT2D eigenvalue weighted by atomic mass is 10.2. The molecule has 2 aromatic rings. The number of rotatable bonds is 5. The van der Waals surface area contributed by atoms with Crippen LogP contribution in [0.4, 0.5) is 5.69 Å². The number of aromatic nitrogens is 3. The molecule has 1 aromatic heterocycles. The standard InChI is InChI=1S/C15H22N4O/c1-5-14-17-15(6-2)19(18-14)11-7-8-12(16)13(9-11)20-10(3)4/h7-10H,5-6,16H2,1-4H3. The molecule has 1 heterocycles. The van der Waals surface area contributed by atoms with Crippen LogP contribution in [0.2, 0.25) is 0 Å². The van der Waals surface area contributed by atoms with Crippen molar-refractivity contribution in [3.8, 4) is 11.4 Å². The number of ether oxygens (including phenoxy) is 1. The molecular weight excluding hydrogens is 252 g/mol. The van der Waals surface area contributed by atoms with Crippen molar-refractivity contribution < 1.29 is 4.74 Å². The van der Waals surface area contributed by atoms with E-state index in [1.165, 1.54) is 0 Å². The second kappa shape index (κ2) is 5.94. The molecular formula is C15H22N4O. The van der Waals surface area contributed by atoms with Crippen molar-refractivity contribution in [3.05, 3.63) is 29.8 Å². The number of anilines is 1. The van der Waals surface area contributed by atoms with Crippen molar-refractivity contribution in [3.63, 3.8) is 0 Å². The van der Waals surface area contributed by atoms with Crippen LogP contribution >= 0.6 is 0 Å². The van der Waals surface area contributed by atoms with Gasteiger partial charge in [0.1, 0.15) is 11.6 Å². The maximum Gasteiger partial charge on any atom is 0.151 e. The summed E-state index contributed by atoms with van der Waals surface area (Å²) in [5.41, 5.74) is 7.51. The summed E-state index contributed by atoms with van der Waals surface area (Å²) < 4.78 is 7.59. The first-order chi connectivity index (χ1) is 9.55. The van der Waals surface area contributed by atoms with E-state index < -0.39 is 0 Å². The summed E-state index contributed by atoms with van der Waals surface area (Å²) >= 11 is 0. The van der Waals surface area contributed by atoms with Gasteiger partial charge >= 0.3 is 0 Å². The molecule has 20 heavy (non-hydrogen) atoms. The lowest BCUT2D eigenvalue weighted by Gasteiger charge is -2.14. The molecule has 0 saturated heterocycles. The fraction of sp³-hybridized carbons (Fsp3) is 0.467. The van der Waals surface area contributed by atoms with Gasteiger partial charge in [0.15, 0.2) is 5.82 Å². The predicted molar refractivity (Wildman–Crippen MR) is 80.3 cm³/mol. The smallest absolute Gasteiger partial charge is 0.151 e. The zero-order valence-corrected chi connectivity index (χ0v) is 12.6. The van der Waals surface area contributed by atoms with Gasteiger partial charge < -0.3 is 10.5 Å². The van der Waals surface area contributed by atoms with Gasteiger partial charge in [0.25, 0.3) is 0 Å². The van der Waals surface area contributed by atoms with Gasteiger partial charge in [0.2, 0.25) is 0 Å². The van der Waals surface area contributed by atoms with E-state index in [9.17, 15) is 0 Å². The molecule has 0 aliphatic rings. The molecule has 0 aliphatic heterocycles. The van der Waals surface area contributed by atoms with Crippen LogP contribution in [0, 0.1) is 0 Å². The SMILES string of the molecule is CCc1nc(CC)n(-c2ccc(N)c(OC(C)C)c2)n1. The average molecular weight is 274 g/mol. The van der Waals surface area contributed by atoms with E-state index in [2.05, 4.69) is 23.9 Å². The lowest BCUT2D eigenvalue weighted by Crippen LogP contribution is -2.09. The molecule has 1 aromatic carbocycles. The number of benzene rings is 1. The van der Waals surface area contributed by atoms with Gasteiger partial charge in [0, 0.05) is 18.9 Å². The molecule has 0 saturated carbocycles. The second-order valence-corrected chi connectivity index (χ2v) is 4.95. The molecule has 108 valence electrons. The Morgan fingerprint density at radius 2 is 2.00 bits per heavy atom. The molecule has 0 atom stereocenters. The third-order valence-corrected chi connectivity index (χ3v) is 2.95. The molecule has 5 heteroatoms. The van der Waals surface area contributed by atoms with Crippen LogP contribution in [0.1, 0.15) is 39.3 Å². The zero-order chi connectivity index (χ0) is 14.7. The van der Waals surface area contributed by atoms with Crippen molar-refractivity contribution in [2.45, 2.75) is 46.6 Å². The number of hydrogen-bond donors (Lipinski definition) is 1. The summed E-state index contributed by atoms with van der Waals surface area (Å²) in [5.74, 6) is 2.49. The number of hydrogen-bond acceptors (Lipinski definition) is 4. The van der Waals surface area contributed by atoms with Crippen LogP contribution in [-0.4, -0.2) is 20.9 Å². The Bertz CT molecular complexity index is 590. The molecule has 0 bridgehead atoms. The number of aryl methyl sites for hydroxylation is 2. The molecule has 0 amide bonds. The summed E-state index contributed by atoms with van der Waals surface area (Å²) in [4.78, 5) is 4.52.